The maximum Gasteiger partial charge on any atom is 0.236 e. The molecule has 0 bridgehead atoms. The summed E-state index contributed by atoms with van der Waals surface area (Å²) in [5.41, 5.74) is 1.15. The lowest BCUT2D eigenvalue weighted by Crippen LogP contribution is -2.44. The lowest BCUT2D eigenvalue weighted by Gasteiger charge is -2.31. The summed E-state index contributed by atoms with van der Waals surface area (Å²) in [6, 6.07) is 10.2. The molecule has 116 valence electrons. The third-order valence-corrected chi connectivity index (χ3v) is 4.04. The number of nitrogens with zero attached hydrogens (tertiary/aromatic N) is 1. The molecule has 0 radical (unpaired) electrons. The van der Waals surface area contributed by atoms with E-state index < -0.39 is 0 Å². The van der Waals surface area contributed by atoms with E-state index in [1.54, 1.807) is 7.11 Å². The number of likely N-dealkylation sites (tertiary alicyclic amines) is 1. The molecule has 1 aliphatic rings. The SMILES string of the molecule is COC[C@@H](NCC(=O)N1CCC[C@@H](C)C1)c1ccccc1. The molecule has 1 aromatic rings. The fourth-order valence-electron chi connectivity index (χ4n) is 2.86. The number of amides is 1. The van der Waals surface area contributed by atoms with Gasteiger partial charge in [0.05, 0.1) is 19.2 Å². The second kappa shape index (κ2) is 8.15. The van der Waals surface area contributed by atoms with Crippen LogP contribution in [0.1, 0.15) is 31.4 Å². The van der Waals surface area contributed by atoms with Crippen LogP contribution >= 0.6 is 0 Å². The molecular formula is C17H26N2O2. The Bertz CT molecular complexity index is 436. The zero-order chi connectivity index (χ0) is 15.1. The van der Waals surface area contributed by atoms with Crippen molar-refractivity contribution in [2.45, 2.75) is 25.8 Å². The molecule has 0 spiro atoms. The van der Waals surface area contributed by atoms with E-state index >= 15 is 0 Å². The van der Waals surface area contributed by atoms with Crippen molar-refractivity contribution in [3.63, 3.8) is 0 Å². The highest BCUT2D eigenvalue weighted by Gasteiger charge is 2.21. The predicted octanol–water partition coefficient (Wildman–Crippen LogP) is 2.22. The van der Waals surface area contributed by atoms with Gasteiger partial charge in [-0.1, -0.05) is 37.3 Å². The van der Waals surface area contributed by atoms with Crippen molar-refractivity contribution in [3.8, 4) is 0 Å². The normalized spacial score (nSPS) is 20.3. The quantitative estimate of drug-likeness (QED) is 0.873. The highest BCUT2D eigenvalue weighted by molar-refractivity contribution is 5.78. The van der Waals surface area contributed by atoms with E-state index in [0.717, 1.165) is 25.1 Å². The molecule has 4 nitrogen and oxygen atoms in total. The van der Waals surface area contributed by atoms with E-state index in [4.69, 9.17) is 4.74 Å². The lowest BCUT2D eigenvalue weighted by molar-refractivity contribution is -0.132. The van der Waals surface area contributed by atoms with Gasteiger partial charge in [-0.15, -0.1) is 0 Å². The number of hydrogen-bond acceptors (Lipinski definition) is 3. The second-order valence-corrected chi connectivity index (χ2v) is 5.89. The molecule has 4 heteroatoms. The number of piperidine rings is 1. The van der Waals surface area contributed by atoms with Crippen LogP contribution in [-0.2, 0) is 9.53 Å². The maximum atomic E-state index is 12.3. The summed E-state index contributed by atoms with van der Waals surface area (Å²) in [5.74, 6) is 0.810. The van der Waals surface area contributed by atoms with Gasteiger partial charge in [0, 0.05) is 20.2 Å². The van der Waals surface area contributed by atoms with Crippen molar-refractivity contribution in [2.24, 2.45) is 5.92 Å². The van der Waals surface area contributed by atoms with Gasteiger partial charge in [-0.2, -0.15) is 0 Å². The summed E-state index contributed by atoms with van der Waals surface area (Å²) in [5, 5.41) is 3.33. The molecule has 0 saturated carbocycles. The number of carbonyl (C=O) groups excluding carboxylic acids is 1. The number of carbonyl (C=O) groups is 1. The van der Waals surface area contributed by atoms with E-state index in [0.29, 0.717) is 19.1 Å². The molecule has 0 aliphatic carbocycles. The first-order chi connectivity index (χ1) is 10.2. The van der Waals surface area contributed by atoms with Gasteiger partial charge in [0.2, 0.25) is 5.91 Å². The van der Waals surface area contributed by atoms with Gasteiger partial charge in [0.25, 0.3) is 0 Å². The number of hydrogen-bond donors (Lipinski definition) is 1. The Morgan fingerprint density at radius 1 is 1.43 bits per heavy atom. The Hall–Kier alpha value is -1.39. The van der Waals surface area contributed by atoms with E-state index in [2.05, 4.69) is 24.4 Å². The van der Waals surface area contributed by atoms with Gasteiger partial charge in [0.1, 0.15) is 0 Å². The molecule has 0 unspecified atom stereocenters. The van der Waals surface area contributed by atoms with Crippen molar-refractivity contribution >= 4 is 5.91 Å². The smallest absolute Gasteiger partial charge is 0.236 e. The summed E-state index contributed by atoms with van der Waals surface area (Å²) in [6.45, 7) is 4.93. The average Bonchev–Trinajstić information content (AvgIpc) is 2.52. The summed E-state index contributed by atoms with van der Waals surface area (Å²) in [4.78, 5) is 14.3. The molecule has 2 atom stereocenters. The van der Waals surface area contributed by atoms with Crippen molar-refractivity contribution < 1.29 is 9.53 Å². The van der Waals surface area contributed by atoms with Gasteiger partial charge in [-0.05, 0) is 24.3 Å². The Morgan fingerprint density at radius 2 is 2.19 bits per heavy atom. The molecule has 2 rings (SSSR count). The standard InChI is InChI=1S/C17H26N2O2/c1-14-7-6-10-19(12-14)17(20)11-18-16(13-21-2)15-8-4-3-5-9-15/h3-5,8-9,14,16,18H,6-7,10-13H2,1-2H3/t14-,16-/m1/s1. The number of methoxy groups -OCH3 is 1. The van der Waals surface area contributed by atoms with Crippen molar-refractivity contribution in [1.29, 1.82) is 0 Å². The third kappa shape index (κ3) is 4.83. The van der Waals surface area contributed by atoms with Crippen LogP contribution in [0.25, 0.3) is 0 Å². The average molecular weight is 290 g/mol. The van der Waals surface area contributed by atoms with Gasteiger partial charge >= 0.3 is 0 Å². The van der Waals surface area contributed by atoms with Gasteiger partial charge < -0.3 is 9.64 Å². The highest BCUT2D eigenvalue weighted by atomic mass is 16.5. The summed E-state index contributed by atoms with van der Waals surface area (Å²) < 4.78 is 5.27. The molecule has 1 heterocycles. The molecular weight excluding hydrogens is 264 g/mol. The molecule has 1 aromatic carbocycles. The maximum absolute atomic E-state index is 12.3. The predicted molar refractivity (Wildman–Crippen MR) is 84.0 cm³/mol. The molecule has 1 amide bonds. The largest absolute Gasteiger partial charge is 0.383 e. The number of ether oxygens (including phenoxy) is 1. The minimum Gasteiger partial charge on any atom is -0.383 e. The topological polar surface area (TPSA) is 41.6 Å². The fourth-order valence-corrected chi connectivity index (χ4v) is 2.86. The second-order valence-electron chi connectivity index (χ2n) is 5.89. The molecule has 1 N–H and O–H groups in total. The molecule has 0 aromatic heterocycles. The summed E-state index contributed by atoms with van der Waals surface area (Å²) in [7, 11) is 1.69. The molecule has 1 fully saturated rings. The van der Waals surface area contributed by atoms with Crippen LogP contribution in [0.2, 0.25) is 0 Å². The Kier molecular flexibility index (Phi) is 6.21. The van der Waals surface area contributed by atoms with Crippen molar-refractivity contribution in [2.75, 3.05) is 33.4 Å². The monoisotopic (exact) mass is 290 g/mol. The summed E-state index contributed by atoms with van der Waals surface area (Å²) in [6.07, 6.45) is 2.35. The Balaban J connectivity index is 1.88. The van der Waals surface area contributed by atoms with E-state index in [1.807, 2.05) is 23.1 Å². The van der Waals surface area contributed by atoms with Crippen LogP contribution in [-0.4, -0.2) is 44.2 Å². The Morgan fingerprint density at radius 3 is 2.86 bits per heavy atom. The molecule has 1 aliphatic heterocycles. The summed E-state index contributed by atoms with van der Waals surface area (Å²) >= 11 is 0. The van der Waals surface area contributed by atoms with Crippen molar-refractivity contribution in [1.82, 2.24) is 10.2 Å². The minimum atomic E-state index is 0.0577. The number of benzene rings is 1. The lowest BCUT2D eigenvalue weighted by atomic mass is 10.0. The highest BCUT2D eigenvalue weighted by Crippen LogP contribution is 2.16. The fraction of sp³-hybridized carbons (Fsp3) is 0.588. The molecule has 1 saturated heterocycles. The van der Waals surface area contributed by atoms with Gasteiger partial charge in [-0.25, -0.2) is 0 Å². The van der Waals surface area contributed by atoms with Crippen LogP contribution in [0.4, 0.5) is 0 Å². The van der Waals surface area contributed by atoms with Crippen molar-refractivity contribution in [3.05, 3.63) is 35.9 Å². The van der Waals surface area contributed by atoms with E-state index in [1.165, 1.54) is 6.42 Å². The van der Waals surface area contributed by atoms with Crippen LogP contribution in [0.15, 0.2) is 30.3 Å². The Labute approximate surface area is 127 Å². The van der Waals surface area contributed by atoms with Crippen LogP contribution in [0.3, 0.4) is 0 Å². The van der Waals surface area contributed by atoms with Crippen LogP contribution < -0.4 is 5.32 Å². The van der Waals surface area contributed by atoms with E-state index in [-0.39, 0.29) is 11.9 Å². The number of rotatable bonds is 6. The zero-order valence-corrected chi connectivity index (χ0v) is 13.0. The number of nitrogens with one attached hydrogen (secondary N) is 1. The van der Waals surface area contributed by atoms with Crippen LogP contribution in [0, 0.1) is 5.92 Å². The zero-order valence-electron chi connectivity index (χ0n) is 13.0. The first-order valence-electron chi connectivity index (χ1n) is 7.75. The van der Waals surface area contributed by atoms with Gasteiger partial charge in [-0.3, -0.25) is 10.1 Å². The first kappa shape index (κ1) is 16.0. The minimum absolute atomic E-state index is 0.0577. The van der Waals surface area contributed by atoms with E-state index in [9.17, 15) is 4.79 Å². The third-order valence-electron chi connectivity index (χ3n) is 4.04. The first-order valence-corrected chi connectivity index (χ1v) is 7.75. The van der Waals surface area contributed by atoms with Gasteiger partial charge in [0.15, 0.2) is 0 Å². The van der Waals surface area contributed by atoms with Crippen LogP contribution in [0.5, 0.6) is 0 Å². The molecule has 21 heavy (non-hydrogen) atoms.